The van der Waals surface area contributed by atoms with Crippen molar-refractivity contribution >= 4 is 50.8 Å². The van der Waals surface area contributed by atoms with Crippen molar-refractivity contribution in [3.8, 4) is 0 Å². The van der Waals surface area contributed by atoms with E-state index in [0.717, 1.165) is 43.4 Å². The van der Waals surface area contributed by atoms with E-state index in [2.05, 4.69) is 139 Å². The summed E-state index contributed by atoms with van der Waals surface area (Å²) >= 11 is 6.70. The molecule has 0 bridgehead atoms. The van der Waals surface area contributed by atoms with Crippen molar-refractivity contribution in [2.24, 2.45) is 5.92 Å². The summed E-state index contributed by atoms with van der Waals surface area (Å²) in [5.41, 5.74) is 8.45. The molecular formula is C57H86S2. The van der Waals surface area contributed by atoms with Gasteiger partial charge < -0.3 is 0 Å². The number of thioether (sulfide) groups is 1. The second-order valence-corrected chi connectivity index (χ2v) is 15.6. The Bertz CT molecular complexity index is 1810. The van der Waals surface area contributed by atoms with Gasteiger partial charge in [-0.05, 0) is 145 Å². The van der Waals surface area contributed by atoms with E-state index in [4.69, 9.17) is 12.6 Å². The molecule has 0 heterocycles. The van der Waals surface area contributed by atoms with Gasteiger partial charge in [0.15, 0.2) is 0 Å². The Morgan fingerprint density at radius 1 is 0.712 bits per heavy atom. The molecule has 0 radical (unpaired) electrons. The van der Waals surface area contributed by atoms with Gasteiger partial charge in [-0.15, -0.1) is 31.0 Å². The predicted molar refractivity (Wildman–Crippen MR) is 283 cm³/mol. The van der Waals surface area contributed by atoms with Crippen LogP contribution in [0.4, 0.5) is 0 Å². The minimum Gasteiger partial charge on any atom is -0.143 e. The van der Waals surface area contributed by atoms with Crippen LogP contribution in [0.2, 0.25) is 0 Å². The summed E-state index contributed by atoms with van der Waals surface area (Å²) in [6.07, 6.45) is 38.2. The molecule has 59 heavy (non-hydrogen) atoms. The molecule has 0 saturated heterocycles. The molecule has 0 aliphatic heterocycles. The first-order chi connectivity index (χ1) is 28.9. The zero-order valence-corrected chi connectivity index (χ0v) is 41.7. The van der Waals surface area contributed by atoms with E-state index in [1.807, 2.05) is 65.5 Å². The number of thiol groups is 1. The summed E-state index contributed by atoms with van der Waals surface area (Å²) in [7, 11) is 0. The van der Waals surface area contributed by atoms with E-state index in [1.165, 1.54) is 111 Å². The molecule has 0 aliphatic rings. The highest BCUT2D eigenvalue weighted by Gasteiger charge is 2.18. The van der Waals surface area contributed by atoms with Gasteiger partial charge in [0.25, 0.3) is 0 Å². The lowest BCUT2D eigenvalue weighted by Gasteiger charge is -2.23. The Kier molecular flexibility index (Phi) is 33.6. The van der Waals surface area contributed by atoms with Gasteiger partial charge in [0, 0.05) is 15.7 Å². The van der Waals surface area contributed by atoms with Crippen LogP contribution in [0.15, 0.2) is 132 Å². The number of unbranched alkanes of at least 4 members (excludes halogenated alkanes) is 7. The number of aryl methyl sites for hydroxylation is 2. The summed E-state index contributed by atoms with van der Waals surface area (Å²) in [5, 5.41) is 5.80. The molecule has 0 fully saturated rings. The van der Waals surface area contributed by atoms with Gasteiger partial charge in [0.2, 0.25) is 0 Å². The summed E-state index contributed by atoms with van der Waals surface area (Å²) in [6, 6.07) is 16.5. The molecule has 3 aromatic rings. The van der Waals surface area contributed by atoms with Crippen LogP contribution >= 0.6 is 24.4 Å². The van der Waals surface area contributed by atoms with Crippen LogP contribution in [0, 0.1) is 5.92 Å². The number of hydrogen-bond donors (Lipinski definition) is 1. The summed E-state index contributed by atoms with van der Waals surface area (Å²) < 4.78 is 0. The Balaban J connectivity index is 0.00000535. The third-order valence-electron chi connectivity index (χ3n) is 10.6. The van der Waals surface area contributed by atoms with Crippen molar-refractivity contribution in [3.63, 3.8) is 0 Å². The summed E-state index contributed by atoms with van der Waals surface area (Å²) in [5.74, 6) is 0.335. The van der Waals surface area contributed by atoms with Crippen LogP contribution in [0.3, 0.4) is 0 Å². The topological polar surface area (TPSA) is 0 Å². The maximum atomic E-state index is 4.88. The van der Waals surface area contributed by atoms with E-state index in [9.17, 15) is 0 Å². The molecule has 1 unspecified atom stereocenters. The maximum absolute atomic E-state index is 4.88. The lowest BCUT2D eigenvalue weighted by molar-refractivity contribution is 0.607. The van der Waals surface area contributed by atoms with Gasteiger partial charge in [-0.25, -0.2) is 0 Å². The molecule has 0 nitrogen and oxygen atoms in total. The van der Waals surface area contributed by atoms with Gasteiger partial charge in [0.1, 0.15) is 0 Å². The first-order valence-electron chi connectivity index (χ1n) is 23.4. The van der Waals surface area contributed by atoms with Crippen LogP contribution < -0.4 is 0 Å². The van der Waals surface area contributed by atoms with Crippen LogP contribution in [-0.4, -0.2) is 6.26 Å². The van der Waals surface area contributed by atoms with Crippen molar-refractivity contribution in [3.05, 3.63) is 149 Å². The Morgan fingerprint density at radius 2 is 1.29 bits per heavy atom. The normalized spacial score (nSPS) is 13.0. The molecule has 2 heteroatoms. The Hall–Kier alpha value is -3.20. The van der Waals surface area contributed by atoms with Gasteiger partial charge in [0.05, 0.1) is 0 Å². The fraction of sp³-hybridized carbons (Fsp3) is 0.474. The number of rotatable bonds is 24. The lowest BCUT2D eigenvalue weighted by atomic mass is 9.82. The van der Waals surface area contributed by atoms with Crippen molar-refractivity contribution in [1.82, 2.24) is 0 Å². The molecular weight excluding hydrogens is 749 g/mol. The minimum atomic E-state index is 0.335. The van der Waals surface area contributed by atoms with E-state index in [0.29, 0.717) is 5.92 Å². The number of benzene rings is 3. The minimum absolute atomic E-state index is 0.335. The van der Waals surface area contributed by atoms with Crippen molar-refractivity contribution < 1.29 is 0 Å². The molecule has 1 atom stereocenters. The number of hydrogen-bond acceptors (Lipinski definition) is 2. The average molecular weight is 835 g/mol. The van der Waals surface area contributed by atoms with E-state index in [-0.39, 0.29) is 0 Å². The summed E-state index contributed by atoms with van der Waals surface area (Å²) in [4.78, 5) is 2.21. The fourth-order valence-electron chi connectivity index (χ4n) is 7.65. The molecule has 3 aromatic carbocycles. The van der Waals surface area contributed by atoms with Crippen molar-refractivity contribution in [2.45, 2.75) is 166 Å². The molecule has 0 aliphatic carbocycles. The third kappa shape index (κ3) is 18.9. The SMILES string of the molecule is C=C/C=C(\C(=C/C)CC)C(CCCC=C)/C(C)=C/C=C(S)/C=C/C=C(\SC)c1ccc2c(CCCCCC)c3ccccc3c(CCCCCC)c2c1.CC.CC.CC. The van der Waals surface area contributed by atoms with Gasteiger partial charge in [-0.3, -0.25) is 0 Å². The first kappa shape index (κ1) is 55.8. The number of fused-ring (bicyclic) bond motifs is 2. The second kappa shape index (κ2) is 35.5. The highest BCUT2D eigenvalue weighted by atomic mass is 32.2. The fourth-order valence-corrected chi connectivity index (χ4v) is 8.39. The zero-order chi connectivity index (χ0) is 44.4. The average Bonchev–Trinajstić information content (AvgIpc) is 3.28. The Labute approximate surface area is 375 Å². The van der Waals surface area contributed by atoms with Gasteiger partial charge in [-0.2, -0.15) is 0 Å². The quantitative estimate of drug-likeness (QED) is 0.0308. The van der Waals surface area contributed by atoms with Crippen LogP contribution in [-0.2, 0) is 12.8 Å². The lowest BCUT2D eigenvalue weighted by Crippen LogP contribution is -2.09. The monoisotopic (exact) mass is 835 g/mol. The van der Waals surface area contributed by atoms with Crippen molar-refractivity contribution in [1.29, 1.82) is 0 Å². The molecule has 0 saturated carbocycles. The van der Waals surface area contributed by atoms with E-state index in [1.54, 1.807) is 0 Å². The van der Waals surface area contributed by atoms with Crippen LogP contribution in [0.1, 0.15) is 170 Å². The third-order valence-corrected chi connectivity index (χ3v) is 11.7. The van der Waals surface area contributed by atoms with Crippen LogP contribution in [0.25, 0.3) is 26.5 Å². The van der Waals surface area contributed by atoms with E-state index < -0.39 is 0 Å². The number of allylic oxidation sites excluding steroid dienone is 12. The van der Waals surface area contributed by atoms with Gasteiger partial charge >= 0.3 is 0 Å². The Morgan fingerprint density at radius 3 is 1.80 bits per heavy atom. The smallest absolute Gasteiger partial charge is 0.0142 e. The first-order valence-corrected chi connectivity index (χ1v) is 25.1. The molecule has 0 spiro atoms. The van der Waals surface area contributed by atoms with E-state index >= 15 is 0 Å². The molecule has 0 aromatic heterocycles. The predicted octanol–water partition coefficient (Wildman–Crippen LogP) is 19.8. The zero-order valence-electron chi connectivity index (χ0n) is 40.0. The van der Waals surface area contributed by atoms with Crippen molar-refractivity contribution in [2.75, 3.05) is 6.26 Å². The molecule has 0 amide bonds. The largest absolute Gasteiger partial charge is 0.143 e. The molecule has 0 N–H and O–H groups in total. The second-order valence-electron chi connectivity index (χ2n) is 14.3. The highest BCUT2D eigenvalue weighted by Crippen LogP contribution is 2.38. The van der Waals surface area contributed by atoms with Crippen LogP contribution in [0.5, 0.6) is 0 Å². The maximum Gasteiger partial charge on any atom is 0.0142 e. The summed E-state index contributed by atoms with van der Waals surface area (Å²) in [6.45, 7) is 31.2. The molecule has 326 valence electrons. The standard InChI is InChI=1S/C51H68S2.3C2H6/c1-9-15-18-21-29-47-45-31-23-24-32-46(45)48(30-22-19-16-10-2)50-38-41(35-37-49(47)50)51(53-8)33-25-27-42(52)36-34-39(7)43(28-20-17-11-3)44(26-12-4)40(13-5)14-6;3*1-2/h11-13,23-27,31-38,43,52H,3-4,9-10,14-22,28-30H2,1-2,5-8H3;3*1-2H3/b27-25+,39-34+,40-13-,42-36-,44-26+,51-33-;;;. The highest BCUT2D eigenvalue weighted by molar-refractivity contribution is 8.07. The van der Waals surface area contributed by atoms with Gasteiger partial charge in [-0.1, -0.05) is 186 Å². The molecule has 3 rings (SSSR count).